The topological polar surface area (TPSA) is 33.7 Å². The molecule has 1 atom stereocenters. The van der Waals surface area contributed by atoms with Crippen molar-refractivity contribution in [1.29, 1.82) is 0 Å². The van der Waals surface area contributed by atoms with E-state index in [1.165, 1.54) is 90.4 Å². The van der Waals surface area contributed by atoms with E-state index in [9.17, 15) is 0 Å². The number of hydrogen-bond acceptors (Lipinski definition) is 4. The molecule has 0 aromatic carbocycles. The summed E-state index contributed by atoms with van der Waals surface area (Å²) in [6.45, 7) is 46.0. The lowest BCUT2D eigenvalue weighted by Crippen LogP contribution is -2.44. The second kappa shape index (κ2) is 26.6. The lowest BCUT2D eigenvalue weighted by atomic mass is 9.56. The number of ether oxygens (including phenoxy) is 2. The molecule has 3 saturated carbocycles. The van der Waals surface area contributed by atoms with Gasteiger partial charge in [0.1, 0.15) is 0 Å². The highest BCUT2D eigenvalue weighted by Gasteiger charge is 2.42. The van der Waals surface area contributed by atoms with Crippen molar-refractivity contribution in [1.82, 2.24) is 10.2 Å². The maximum absolute atomic E-state index is 5.22. The van der Waals surface area contributed by atoms with Crippen LogP contribution in [-0.2, 0) is 9.47 Å². The second-order valence-corrected chi connectivity index (χ2v) is 20.5. The monoisotopic (exact) mass is 735 g/mol. The number of hydrogen-bond donors (Lipinski definition) is 1. The van der Waals surface area contributed by atoms with Gasteiger partial charge in [0.25, 0.3) is 0 Å². The third-order valence-corrected chi connectivity index (χ3v) is 14.1. The molecular weight excluding hydrogens is 637 g/mol. The quantitative estimate of drug-likeness (QED) is 0.269. The molecule has 3 aliphatic carbocycles. The van der Waals surface area contributed by atoms with Gasteiger partial charge in [-0.3, -0.25) is 0 Å². The highest BCUT2D eigenvalue weighted by Crippen LogP contribution is 2.52. The molecule has 4 saturated heterocycles. The van der Waals surface area contributed by atoms with E-state index in [-0.39, 0.29) is 0 Å². The van der Waals surface area contributed by atoms with E-state index in [1.54, 1.807) is 0 Å². The molecule has 7 rings (SSSR count). The molecule has 4 nitrogen and oxygen atoms in total. The van der Waals surface area contributed by atoms with E-state index in [0.29, 0.717) is 0 Å². The van der Waals surface area contributed by atoms with E-state index in [2.05, 4.69) is 121 Å². The summed E-state index contributed by atoms with van der Waals surface area (Å²) in [5.74, 6) is 11.1. The molecule has 312 valence electrons. The van der Waals surface area contributed by atoms with Crippen molar-refractivity contribution in [3.05, 3.63) is 0 Å². The van der Waals surface area contributed by atoms with Gasteiger partial charge in [-0.25, -0.2) is 0 Å². The third kappa shape index (κ3) is 19.6. The molecule has 0 radical (unpaired) electrons. The van der Waals surface area contributed by atoms with E-state index < -0.39 is 0 Å². The average Bonchev–Trinajstić information content (AvgIpc) is 3.58. The first-order chi connectivity index (χ1) is 24.4. The van der Waals surface area contributed by atoms with Gasteiger partial charge in [-0.2, -0.15) is 0 Å². The lowest BCUT2D eigenvalue weighted by Gasteiger charge is -2.49. The normalized spacial score (nSPS) is 23.9. The molecular formula is C48H98N2O2. The van der Waals surface area contributed by atoms with Crippen LogP contribution in [0.2, 0.25) is 0 Å². The smallest absolute Gasteiger partial charge is 0.0518 e. The van der Waals surface area contributed by atoms with Gasteiger partial charge in [-0.05, 0) is 149 Å². The van der Waals surface area contributed by atoms with Crippen LogP contribution < -0.4 is 5.32 Å². The van der Waals surface area contributed by atoms with Crippen molar-refractivity contribution in [2.24, 2.45) is 76.4 Å². The molecule has 0 bridgehead atoms. The molecule has 0 amide bonds. The van der Waals surface area contributed by atoms with Gasteiger partial charge in [0.2, 0.25) is 0 Å². The minimum Gasteiger partial charge on any atom is -0.381 e. The van der Waals surface area contributed by atoms with E-state index in [1.807, 2.05) is 0 Å². The van der Waals surface area contributed by atoms with Gasteiger partial charge in [-0.1, -0.05) is 123 Å². The van der Waals surface area contributed by atoms with Crippen LogP contribution in [0.15, 0.2) is 0 Å². The summed E-state index contributed by atoms with van der Waals surface area (Å²) >= 11 is 0. The van der Waals surface area contributed by atoms with Crippen LogP contribution >= 0.6 is 0 Å². The summed E-state index contributed by atoms with van der Waals surface area (Å²) in [7, 11) is 0. The highest BCUT2D eigenvalue weighted by molar-refractivity contribution is 4.92. The SMILES string of the molecule is CC(C)C1(C(C)C)CCC1.CC(C)C1CC1.CC(C)C1CCC1.CC(C)C1CCOC1.CC(C)C1CNC1.CC(C)C1COC1.CC(C)N1CCC1. The summed E-state index contributed by atoms with van der Waals surface area (Å²) in [6, 6.07) is 0.786. The Morgan fingerprint density at radius 1 is 0.462 bits per heavy atom. The number of rotatable bonds is 8. The van der Waals surface area contributed by atoms with E-state index >= 15 is 0 Å². The molecule has 4 heterocycles. The van der Waals surface area contributed by atoms with Crippen LogP contribution in [0.4, 0.5) is 0 Å². The van der Waals surface area contributed by atoms with Crippen molar-refractivity contribution < 1.29 is 9.47 Å². The zero-order valence-electron chi connectivity index (χ0n) is 38.5. The molecule has 0 aromatic heterocycles. The lowest BCUT2D eigenvalue weighted by molar-refractivity contribution is -0.0534. The summed E-state index contributed by atoms with van der Waals surface area (Å²) < 4.78 is 10.2. The Hall–Kier alpha value is -0.160. The Bertz CT molecular complexity index is 737. The first-order valence-electron chi connectivity index (χ1n) is 23.0. The molecule has 0 spiro atoms. The van der Waals surface area contributed by atoms with Gasteiger partial charge in [-0.15, -0.1) is 0 Å². The van der Waals surface area contributed by atoms with Gasteiger partial charge < -0.3 is 19.7 Å². The van der Waals surface area contributed by atoms with Crippen LogP contribution in [0, 0.1) is 76.4 Å². The predicted molar refractivity (Wildman–Crippen MR) is 231 cm³/mol. The zero-order chi connectivity index (χ0) is 39.4. The van der Waals surface area contributed by atoms with Gasteiger partial charge >= 0.3 is 0 Å². The van der Waals surface area contributed by atoms with Crippen molar-refractivity contribution in [3.8, 4) is 0 Å². The minimum absolute atomic E-state index is 0.722. The molecule has 4 aliphatic heterocycles. The number of likely N-dealkylation sites (tertiary alicyclic amines) is 1. The molecule has 7 fully saturated rings. The zero-order valence-corrected chi connectivity index (χ0v) is 38.5. The molecule has 1 N–H and O–H groups in total. The Kier molecular flexibility index (Phi) is 25.6. The molecule has 0 aromatic rings. The number of nitrogens with zero attached hydrogens (tertiary/aromatic N) is 1. The largest absolute Gasteiger partial charge is 0.381 e. The van der Waals surface area contributed by atoms with E-state index in [4.69, 9.17) is 9.47 Å². The maximum atomic E-state index is 5.22. The Morgan fingerprint density at radius 3 is 0.942 bits per heavy atom. The Labute approximate surface area is 328 Å². The molecule has 52 heavy (non-hydrogen) atoms. The highest BCUT2D eigenvalue weighted by atomic mass is 16.5. The first-order valence-corrected chi connectivity index (χ1v) is 23.0. The third-order valence-electron chi connectivity index (χ3n) is 14.1. The fourth-order valence-electron chi connectivity index (χ4n) is 7.63. The first kappa shape index (κ1) is 49.9. The predicted octanol–water partition coefficient (Wildman–Crippen LogP) is 12.9. The maximum Gasteiger partial charge on any atom is 0.0518 e. The van der Waals surface area contributed by atoms with Crippen molar-refractivity contribution >= 4 is 0 Å². The summed E-state index contributed by atoms with van der Waals surface area (Å²) in [4.78, 5) is 2.47. The molecule has 1 unspecified atom stereocenters. The molecule has 7 aliphatic rings. The minimum atomic E-state index is 0.722. The van der Waals surface area contributed by atoms with Crippen LogP contribution in [0.1, 0.15) is 175 Å². The second-order valence-electron chi connectivity index (χ2n) is 20.5. The van der Waals surface area contributed by atoms with Gasteiger partial charge in [0, 0.05) is 25.2 Å². The van der Waals surface area contributed by atoms with Crippen LogP contribution in [0.25, 0.3) is 0 Å². The number of nitrogens with one attached hydrogen (secondary N) is 1. The Morgan fingerprint density at radius 2 is 0.904 bits per heavy atom. The fraction of sp³-hybridized carbons (Fsp3) is 1.00. The Balaban J connectivity index is 0.000000305. The molecule has 4 heteroatoms. The summed E-state index contributed by atoms with van der Waals surface area (Å²) in [5.41, 5.74) is 0.722. The van der Waals surface area contributed by atoms with Crippen molar-refractivity contribution in [2.45, 2.75) is 181 Å². The summed E-state index contributed by atoms with van der Waals surface area (Å²) in [6.07, 6.45) is 14.6. The van der Waals surface area contributed by atoms with Crippen molar-refractivity contribution in [3.63, 3.8) is 0 Å². The fourth-order valence-corrected chi connectivity index (χ4v) is 7.63. The van der Waals surface area contributed by atoms with Gasteiger partial charge in [0.15, 0.2) is 0 Å². The van der Waals surface area contributed by atoms with Crippen LogP contribution in [-0.4, -0.2) is 63.5 Å². The standard InChI is InChI=1S/C10H20.C7H14O.C7H14.2C6H13N.C6H12O.C6H12/c1-8(2)10(9(3)4)6-5-7-10;1-6(2)7-3-4-8-5-7;1-6(2)7-4-3-5-7;1-5(2)6-3-7-4-6;1-6(2)7-4-3-5-7;1-5(2)6-3-7-4-6;1-5(2)6-3-4-6/h8-9H,5-7H2,1-4H3;6-7H,3-5H2,1-2H3;6-7H,3-5H2,1-2H3;5-7H,3-4H2,1-2H3;6H,3-5H2,1-2H3;5-6H,3-4H2,1-2H3;5-6H,3-4H2,1-2H3. The van der Waals surface area contributed by atoms with Crippen molar-refractivity contribution in [2.75, 3.05) is 52.6 Å². The van der Waals surface area contributed by atoms with Gasteiger partial charge in [0.05, 0.1) is 13.2 Å². The van der Waals surface area contributed by atoms with E-state index in [0.717, 1.165) is 109 Å². The van der Waals surface area contributed by atoms with Crippen LogP contribution in [0.3, 0.4) is 0 Å². The summed E-state index contributed by atoms with van der Waals surface area (Å²) in [5, 5.41) is 3.24. The van der Waals surface area contributed by atoms with Crippen LogP contribution in [0.5, 0.6) is 0 Å². The average molecular weight is 735 g/mol.